The average Bonchev–Trinajstić information content (AvgIpc) is 2.91. The second kappa shape index (κ2) is 3.60. The Bertz CT molecular complexity index is 426. The molecule has 1 aromatic heterocycles. The summed E-state index contributed by atoms with van der Waals surface area (Å²) in [5, 5.41) is 0. The van der Waals surface area contributed by atoms with E-state index < -0.39 is 18.4 Å². The van der Waals surface area contributed by atoms with Gasteiger partial charge in [0.05, 0.1) is 5.69 Å². The maximum absolute atomic E-state index is 12.3. The Morgan fingerprint density at radius 2 is 2.20 bits per heavy atom. The van der Waals surface area contributed by atoms with E-state index in [1.807, 2.05) is 0 Å². The number of hydrogen-bond acceptors (Lipinski definition) is 3. The third kappa shape index (κ3) is 2.14. The lowest BCUT2D eigenvalue weighted by molar-refractivity contribution is 0.148. The molecule has 4 nitrogen and oxygen atoms in total. The molecule has 0 aromatic carbocycles. The molecule has 1 aromatic rings. The van der Waals surface area contributed by atoms with Crippen LogP contribution in [0.15, 0.2) is 4.79 Å². The quantitative estimate of drug-likeness (QED) is 0.791. The molecule has 0 unspecified atom stereocenters. The molecular weight excluding hydrogens is 204 g/mol. The Balaban J connectivity index is 2.44. The first kappa shape index (κ1) is 10.1. The monoisotopic (exact) mass is 215 g/mol. The highest BCUT2D eigenvalue weighted by molar-refractivity contribution is 5.30. The van der Waals surface area contributed by atoms with Crippen molar-refractivity contribution >= 4 is 5.95 Å². The Kier molecular flexibility index (Phi) is 2.42. The number of anilines is 1. The topological polar surface area (TPSA) is 71.8 Å². The number of alkyl halides is 2. The Hall–Kier alpha value is -1.46. The molecule has 0 atom stereocenters. The zero-order valence-electron chi connectivity index (χ0n) is 7.96. The fraction of sp³-hybridized carbons (Fsp3) is 0.556. The van der Waals surface area contributed by atoms with Gasteiger partial charge in [-0.15, -0.1) is 0 Å². The van der Waals surface area contributed by atoms with Crippen molar-refractivity contribution in [1.82, 2.24) is 9.97 Å². The molecular formula is C9H11F2N3O. The van der Waals surface area contributed by atoms with Crippen LogP contribution < -0.4 is 11.3 Å². The number of rotatable bonds is 3. The number of H-pyrrole nitrogens is 1. The van der Waals surface area contributed by atoms with Gasteiger partial charge in [0.2, 0.25) is 12.4 Å². The Labute approximate surface area is 84.5 Å². The van der Waals surface area contributed by atoms with E-state index in [2.05, 4.69) is 9.97 Å². The van der Waals surface area contributed by atoms with E-state index in [4.69, 9.17) is 5.73 Å². The standard InChI is InChI=1S/C9H11F2N3O/c10-6(11)3-5-7(4-1-2-4)13-9(12)14-8(5)15/h4,6H,1-3H2,(H3,12,13,14,15). The fourth-order valence-corrected chi connectivity index (χ4v) is 1.58. The third-order valence-corrected chi connectivity index (χ3v) is 2.39. The smallest absolute Gasteiger partial charge is 0.255 e. The summed E-state index contributed by atoms with van der Waals surface area (Å²) in [5.41, 5.74) is 5.37. The van der Waals surface area contributed by atoms with Crippen molar-refractivity contribution in [3.05, 3.63) is 21.6 Å². The van der Waals surface area contributed by atoms with E-state index in [1.165, 1.54) is 0 Å². The third-order valence-electron chi connectivity index (χ3n) is 2.39. The number of aromatic nitrogens is 2. The van der Waals surface area contributed by atoms with Crippen molar-refractivity contribution in [2.24, 2.45) is 0 Å². The molecule has 82 valence electrons. The molecule has 0 bridgehead atoms. The number of nitrogen functional groups attached to an aromatic ring is 1. The van der Waals surface area contributed by atoms with Gasteiger partial charge in [0, 0.05) is 17.9 Å². The van der Waals surface area contributed by atoms with E-state index in [9.17, 15) is 13.6 Å². The predicted molar refractivity (Wildman–Crippen MR) is 51.0 cm³/mol. The van der Waals surface area contributed by atoms with E-state index >= 15 is 0 Å². The van der Waals surface area contributed by atoms with Gasteiger partial charge in [-0.3, -0.25) is 9.78 Å². The molecule has 6 heteroatoms. The fourth-order valence-electron chi connectivity index (χ4n) is 1.58. The second-order valence-electron chi connectivity index (χ2n) is 3.68. The van der Waals surface area contributed by atoms with E-state index in [0.29, 0.717) is 5.69 Å². The molecule has 0 aliphatic heterocycles. The molecule has 1 aliphatic rings. The summed E-state index contributed by atoms with van der Waals surface area (Å²) in [5.74, 6) is 0.142. The first-order valence-electron chi connectivity index (χ1n) is 4.74. The zero-order chi connectivity index (χ0) is 11.0. The normalized spacial score (nSPS) is 15.9. The van der Waals surface area contributed by atoms with Crippen molar-refractivity contribution < 1.29 is 8.78 Å². The van der Waals surface area contributed by atoms with Crippen LogP contribution in [0.5, 0.6) is 0 Å². The zero-order valence-corrected chi connectivity index (χ0v) is 7.96. The molecule has 3 N–H and O–H groups in total. The van der Waals surface area contributed by atoms with Gasteiger partial charge in [-0.2, -0.15) is 0 Å². The van der Waals surface area contributed by atoms with Crippen LogP contribution >= 0.6 is 0 Å². The van der Waals surface area contributed by atoms with Crippen LogP contribution in [0, 0.1) is 0 Å². The molecule has 0 saturated heterocycles. The van der Waals surface area contributed by atoms with Gasteiger partial charge in [-0.05, 0) is 12.8 Å². The first-order valence-corrected chi connectivity index (χ1v) is 4.74. The van der Waals surface area contributed by atoms with E-state index in [0.717, 1.165) is 12.8 Å². The molecule has 0 spiro atoms. The van der Waals surface area contributed by atoms with Crippen LogP contribution in [-0.2, 0) is 6.42 Å². The number of nitrogens with zero attached hydrogens (tertiary/aromatic N) is 1. The molecule has 0 amide bonds. The van der Waals surface area contributed by atoms with Crippen LogP contribution in [0.2, 0.25) is 0 Å². The number of nitrogens with two attached hydrogens (primary N) is 1. The summed E-state index contributed by atoms with van der Waals surface area (Å²) >= 11 is 0. The van der Waals surface area contributed by atoms with Gasteiger partial charge in [-0.25, -0.2) is 13.8 Å². The molecule has 1 aliphatic carbocycles. The lowest BCUT2D eigenvalue weighted by Crippen LogP contribution is -2.21. The summed E-state index contributed by atoms with van der Waals surface area (Å²) in [4.78, 5) is 17.6. The van der Waals surface area contributed by atoms with Crippen molar-refractivity contribution in [3.8, 4) is 0 Å². The van der Waals surface area contributed by atoms with Gasteiger partial charge in [0.25, 0.3) is 5.56 Å². The number of halogens is 2. The average molecular weight is 215 g/mol. The minimum Gasteiger partial charge on any atom is -0.369 e. The summed E-state index contributed by atoms with van der Waals surface area (Å²) in [7, 11) is 0. The molecule has 2 rings (SSSR count). The molecule has 0 radical (unpaired) electrons. The lowest BCUT2D eigenvalue weighted by Gasteiger charge is -2.06. The van der Waals surface area contributed by atoms with E-state index in [-0.39, 0.29) is 17.4 Å². The highest BCUT2D eigenvalue weighted by Gasteiger charge is 2.30. The number of nitrogens with one attached hydrogen (secondary N) is 1. The minimum absolute atomic E-state index is 0.0000775. The predicted octanol–water partition coefficient (Wildman–Crippen LogP) is 1.04. The van der Waals surface area contributed by atoms with Gasteiger partial charge < -0.3 is 5.73 Å². The van der Waals surface area contributed by atoms with Crippen LogP contribution in [0.3, 0.4) is 0 Å². The van der Waals surface area contributed by atoms with Crippen LogP contribution in [0.4, 0.5) is 14.7 Å². The SMILES string of the molecule is Nc1nc(C2CC2)c(CC(F)F)c(=O)[nH]1. The van der Waals surface area contributed by atoms with Crippen LogP contribution in [0.25, 0.3) is 0 Å². The second-order valence-corrected chi connectivity index (χ2v) is 3.68. The first-order chi connectivity index (χ1) is 7.08. The highest BCUT2D eigenvalue weighted by Crippen LogP contribution is 2.40. The van der Waals surface area contributed by atoms with Crippen LogP contribution in [0.1, 0.15) is 30.0 Å². The van der Waals surface area contributed by atoms with Crippen molar-refractivity contribution in [2.75, 3.05) is 5.73 Å². The molecule has 1 saturated carbocycles. The largest absolute Gasteiger partial charge is 0.369 e. The summed E-state index contributed by atoms with van der Waals surface area (Å²) in [6, 6.07) is 0. The van der Waals surface area contributed by atoms with Gasteiger partial charge in [0.15, 0.2) is 0 Å². The molecule has 1 heterocycles. The van der Waals surface area contributed by atoms with Crippen molar-refractivity contribution in [3.63, 3.8) is 0 Å². The maximum atomic E-state index is 12.3. The van der Waals surface area contributed by atoms with Crippen LogP contribution in [-0.4, -0.2) is 16.4 Å². The Morgan fingerprint density at radius 1 is 1.53 bits per heavy atom. The lowest BCUT2D eigenvalue weighted by atomic mass is 10.1. The summed E-state index contributed by atoms with van der Waals surface area (Å²) in [6.45, 7) is 0. The highest BCUT2D eigenvalue weighted by atomic mass is 19.3. The van der Waals surface area contributed by atoms with E-state index in [1.54, 1.807) is 0 Å². The van der Waals surface area contributed by atoms with Gasteiger partial charge >= 0.3 is 0 Å². The van der Waals surface area contributed by atoms with Crippen molar-refractivity contribution in [1.29, 1.82) is 0 Å². The molecule has 1 fully saturated rings. The molecule has 15 heavy (non-hydrogen) atoms. The minimum atomic E-state index is -2.53. The summed E-state index contributed by atoms with van der Waals surface area (Å²) in [6.07, 6.45) is -1.29. The van der Waals surface area contributed by atoms with Crippen molar-refractivity contribution in [2.45, 2.75) is 31.6 Å². The number of aromatic amines is 1. The van der Waals surface area contributed by atoms with Gasteiger partial charge in [-0.1, -0.05) is 0 Å². The Morgan fingerprint density at radius 3 is 2.73 bits per heavy atom. The summed E-state index contributed by atoms with van der Waals surface area (Å²) < 4.78 is 24.5. The van der Waals surface area contributed by atoms with Gasteiger partial charge in [0.1, 0.15) is 0 Å². The maximum Gasteiger partial charge on any atom is 0.255 e. The number of hydrogen-bond donors (Lipinski definition) is 2.